The zero-order chi connectivity index (χ0) is 12.8. The Morgan fingerprint density at radius 1 is 1.39 bits per heavy atom. The lowest BCUT2D eigenvalue weighted by molar-refractivity contribution is -0.112. The fourth-order valence-corrected chi connectivity index (χ4v) is 1.34. The predicted molar refractivity (Wildman–Crippen MR) is 68.5 cm³/mol. The normalized spacial score (nSPS) is 10.7. The summed E-state index contributed by atoms with van der Waals surface area (Å²) in [5.41, 5.74) is 6.92. The van der Waals surface area contributed by atoms with E-state index in [1.54, 1.807) is 6.08 Å². The van der Waals surface area contributed by atoms with Gasteiger partial charge < -0.3 is 10.2 Å². The van der Waals surface area contributed by atoms with Crippen molar-refractivity contribution in [2.24, 2.45) is 5.73 Å². The van der Waals surface area contributed by atoms with Crippen molar-refractivity contribution in [2.75, 3.05) is 5.32 Å². The van der Waals surface area contributed by atoms with E-state index < -0.39 is 0 Å². The number of amides is 1. The van der Waals surface area contributed by atoms with Crippen LogP contribution < -0.4 is 11.1 Å². The number of nitrogens with zero attached hydrogens (tertiary/aromatic N) is 1. The van der Waals surface area contributed by atoms with E-state index in [1.165, 1.54) is 12.3 Å². The lowest BCUT2D eigenvalue weighted by Crippen LogP contribution is -2.08. The van der Waals surface area contributed by atoms with Crippen molar-refractivity contribution in [3.63, 3.8) is 0 Å². The molecule has 0 saturated heterocycles. The maximum Gasteiger partial charge on any atom is 0.301 e. The number of benzene rings is 1. The van der Waals surface area contributed by atoms with Gasteiger partial charge in [0.05, 0.1) is 5.69 Å². The summed E-state index contributed by atoms with van der Waals surface area (Å²) in [6.45, 7) is 0.277. The maximum absolute atomic E-state index is 11.6. The van der Waals surface area contributed by atoms with E-state index in [2.05, 4.69) is 10.3 Å². The minimum absolute atomic E-state index is 0.151. The van der Waals surface area contributed by atoms with E-state index in [-0.39, 0.29) is 18.5 Å². The molecule has 0 saturated carbocycles. The third-order valence-electron chi connectivity index (χ3n) is 2.22. The third kappa shape index (κ3) is 3.29. The Balaban J connectivity index is 1.94. The molecule has 1 heterocycles. The highest BCUT2D eigenvalue weighted by atomic mass is 16.4. The first-order valence-corrected chi connectivity index (χ1v) is 5.46. The van der Waals surface area contributed by atoms with Gasteiger partial charge in [-0.1, -0.05) is 30.3 Å². The Morgan fingerprint density at radius 2 is 2.17 bits per heavy atom. The zero-order valence-electron chi connectivity index (χ0n) is 9.67. The number of rotatable bonds is 4. The van der Waals surface area contributed by atoms with Gasteiger partial charge in [0.1, 0.15) is 6.26 Å². The summed E-state index contributed by atoms with van der Waals surface area (Å²) in [5.74, 6) is -0.302. The molecule has 1 aromatic heterocycles. The van der Waals surface area contributed by atoms with Crippen molar-refractivity contribution in [3.8, 4) is 0 Å². The molecular weight excluding hydrogens is 230 g/mol. The van der Waals surface area contributed by atoms with Gasteiger partial charge in [-0.15, -0.1) is 0 Å². The van der Waals surface area contributed by atoms with Crippen LogP contribution in [-0.4, -0.2) is 10.9 Å². The van der Waals surface area contributed by atoms with Crippen LogP contribution in [0.3, 0.4) is 0 Å². The van der Waals surface area contributed by atoms with Crippen LogP contribution in [0.15, 0.2) is 47.1 Å². The second kappa shape index (κ2) is 5.79. The van der Waals surface area contributed by atoms with Crippen molar-refractivity contribution in [3.05, 3.63) is 53.9 Å². The fourth-order valence-electron chi connectivity index (χ4n) is 1.34. The molecule has 0 aliphatic rings. The van der Waals surface area contributed by atoms with Gasteiger partial charge in [0.25, 0.3) is 5.91 Å². The molecule has 0 spiro atoms. The summed E-state index contributed by atoms with van der Waals surface area (Å²) < 4.78 is 5.02. The van der Waals surface area contributed by atoms with Crippen LogP contribution >= 0.6 is 0 Å². The Kier molecular flexibility index (Phi) is 3.88. The molecule has 0 aliphatic carbocycles. The number of aromatic nitrogens is 1. The van der Waals surface area contributed by atoms with Crippen LogP contribution in [0.1, 0.15) is 11.3 Å². The van der Waals surface area contributed by atoms with Crippen molar-refractivity contribution >= 4 is 18.0 Å². The standard InChI is InChI=1S/C13H13N3O2/c14-8-11-9-18-13(15-11)16-12(17)7-6-10-4-2-1-3-5-10/h1-7,9H,8,14H2,(H,15,16,17)/b7-6+. The maximum atomic E-state index is 11.6. The van der Waals surface area contributed by atoms with Gasteiger partial charge in [0.15, 0.2) is 0 Å². The molecule has 0 aliphatic heterocycles. The van der Waals surface area contributed by atoms with Crippen LogP contribution in [0, 0.1) is 0 Å². The van der Waals surface area contributed by atoms with E-state index in [1.807, 2.05) is 30.3 Å². The second-order valence-corrected chi connectivity index (χ2v) is 3.58. The molecule has 0 bridgehead atoms. The fraction of sp³-hybridized carbons (Fsp3) is 0.0769. The molecule has 5 nitrogen and oxygen atoms in total. The van der Waals surface area contributed by atoms with Gasteiger partial charge >= 0.3 is 6.01 Å². The summed E-state index contributed by atoms with van der Waals surface area (Å²) in [6, 6.07) is 9.68. The SMILES string of the molecule is NCc1coc(NC(=O)/C=C/c2ccccc2)n1. The molecule has 2 rings (SSSR count). The number of hydrogen-bond donors (Lipinski definition) is 2. The Labute approximate surface area is 104 Å². The molecule has 2 aromatic rings. The molecular formula is C13H13N3O2. The number of nitrogens with two attached hydrogens (primary N) is 1. The minimum Gasteiger partial charge on any atom is -0.432 e. The van der Waals surface area contributed by atoms with Crippen molar-refractivity contribution in [2.45, 2.75) is 6.54 Å². The number of carbonyl (C=O) groups excluding carboxylic acids is 1. The lowest BCUT2D eigenvalue weighted by atomic mass is 10.2. The molecule has 5 heteroatoms. The highest BCUT2D eigenvalue weighted by Gasteiger charge is 2.04. The topological polar surface area (TPSA) is 81.1 Å². The zero-order valence-corrected chi connectivity index (χ0v) is 9.67. The van der Waals surface area contributed by atoms with E-state index in [4.69, 9.17) is 10.2 Å². The van der Waals surface area contributed by atoms with Crippen LogP contribution in [0.2, 0.25) is 0 Å². The van der Waals surface area contributed by atoms with Crippen LogP contribution in [0.25, 0.3) is 6.08 Å². The van der Waals surface area contributed by atoms with Gasteiger partial charge in [-0.25, -0.2) is 0 Å². The monoisotopic (exact) mass is 243 g/mol. The first-order chi connectivity index (χ1) is 8.78. The number of anilines is 1. The molecule has 0 radical (unpaired) electrons. The molecule has 0 fully saturated rings. The van der Waals surface area contributed by atoms with Crippen molar-refractivity contribution < 1.29 is 9.21 Å². The predicted octanol–water partition coefficient (Wildman–Crippen LogP) is 1.79. The first kappa shape index (κ1) is 12.1. The number of carbonyl (C=O) groups is 1. The van der Waals surface area contributed by atoms with Crippen molar-refractivity contribution in [1.82, 2.24) is 4.98 Å². The van der Waals surface area contributed by atoms with Crippen LogP contribution in [0.5, 0.6) is 0 Å². The number of hydrogen-bond acceptors (Lipinski definition) is 4. The van der Waals surface area contributed by atoms with Crippen LogP contribution in [-0.2, 0) is 11.3 Å². The number of nitrogens with one attached hydrogen (secondary N) is 1. The average Bonchev–Trinajstić information content (AvgIpc) is 2.85. The van der Waals surface area contributed by atoms with Crippen molar-refractivity contribution in [1.29, 1.82) is 0 Å². The largest absolute Gasteiger partial charge is 0.432 e. The highest BCUT2D eigenvalue weighted by Crippen LogP contribution is 2.07. The Bertz CT molecular complexity index is 546. The van der Waals surface area contributed by atoms with Gasteiger partial charge in [0.2, 0.25) is 0 Å². The molecule has 3 N–H and O–H groups in total. The highest BCUT2D eigenvalue weighted by molar-refractivity contribution is 6.00. The summed E-state index contributed by atoms with van der Waals surface area (Å²) in [7, 11) is 0. The summed E-state index contributed by atoms with van der Waals surface area (Å²) >= 11 is 0. The Hall–Kier alpha value is -2.40. The van der Waals surface area contributed by atoms with E-state index >= 15 is 0 Å². The van der Waals surface area contributed by atoms with Gasteiger partial charge in [-0.3, -0.25) is 10.1 Å². The average molecular weight is 243 g/mol. The molecule has 0 atom stereocenters. The lowest BCUT2D eigenvalue weighted by Gasteiger charge is -1.94. The van der Waals surface area contributed by atoms with E-state index in [0.717, 1.165) is 5.56 Å². The molecule has 18 heavy (non-hydrogen) atoms. The summed E-state index contributed by atoms with van der Waals surface area (Å²) in [4.78, 5) is 15.5. The third-order valence-corrected chi connectivity index (χ3v) is 2.22. The molecule has 1 amide bonds. The minimum atomic E-state index is -0.302. The van der Waals surface area contributed by atoms with Gasteiger partial charge in [-0.2, -0.15) is 4.98 Å². The van der Waals surface area contributed by atoms with Crippen LogP contribution in [0.4, 0.5) is 6.01 Å². The van der Waals surface area contributed by atoms with E-state index in [0.29, 0.717) is 5.69 Å². The second-order valence-electron chi connectivity index (χ2n) is 3.58. The Morgan fingerprint density at radius 3 is 2.83 bits per heavy atom. The smallest absolute Gasteiger partial charge is 0.301 e. The number of oxazole rings is 1. The molecule has 1 aromatic carbocycles. The molecule has 0 unspecified atom stereocenters. The van der Waals surface area contributed by atoms with E-state index in [9.17, 15) is 4.79 Å². The first-order valence-electron chi connectivity index (χ1n) is 5.46. The molecule has 92 valence electrons. The summed E-state index contributed by atoms with van der Waals surface area (Å²) in [5, 5.41) is 2.51. The van der Waals surface area contributed by atoms with Gasteiger partial charge in [-0.05, 0) is 11.6 Å². The van der Waals surface area contributed by atoms with Gasteiger partial charge in [0, 0.05) is 12.6 Å². The summed E-state index contributed by atoms with van der Waals surface area (Å²) in [6.07, 6.45) is 4.54. The quantitative estimate of drug-likeness (QED) is 0.802.